The molecule has 0 aliphatic heterocycles. The molecule has 0 aliphatic rings. The quantitative estimate of drug-likeness (QED) is 0.652. The number of hydrogen-bond acceptors (Lipinski definition) is 3. The molecule has 1 aromatic heterocycles. The van der Waals surface area contributed by atoms with Gasteiger partial charge in [-0.1, -0.05) is 23.7 Å². The van der Waals surface area contributed by atoms with E-state index in [0.717, 1.165) is 5.56 Å². The molecule has 2 rings (SSSR count). The Labute approximate surface area is 138 Å². The fourth-order valence-corrected chi connectivity index (χ4v) is 2.18. The van der Waals surface area contributed by atoms with Crippen LogP contribution in [0.4, 0.5) is 4.39 Å². The molecule has 2 N–H and O–H groups in total. The van der Waals surface area contributed by atoms with E-state index < -0.39 is 12.1 Å². The molecule has 1 heterocycles. The molecule has 23 heavy (non-hydrogen) atoms. The Balaban J connectivity index is 1.95. The lowest BCUT2D eigenvalue weighted by atomic mass is 10.0. The van der Waals surface area contributed by atoms with Gasteiger partial charge in [0.1, 0.15) is 11.0 Å². The van der Waals surface area contributed by atoms with Crippen molar-refractivity contribution in [3.8, 4) is 0 Å². The van der Waals surface area contributed by atoms with E-state index in [2.05, 4.69) is 10.3 Å². The predicted molar refractivity (Wildman–Crippen MR) is 87.2 cm³/mol. The molecule has 0 radical (unpaired) electrons. The summed E-state index contributed by atoms with van der Waals surface area (Å²) in [7, 11) is 0. The second-order valence-electron chi connectivity index (χ2n) is 5.04. The summed E-state index contributed by atoms with van der Waals surface area (Å²) in [6.07, 6.45) is 3.56. The number of benzene rings is 1. The van der Waals surface area contributed by atoms with Gasteiger partial charge in [-0.05, 0) is 48.4 Å². The van der Waals surface area contributed by atoms with Crippen LogP contribution >= 0.6 is 11.6 Å². The lowest BCUT2D eigenvalue weighted by Crippen LogP contribution is -2.36. The first-order chi connectivity index (χ1) is 11.0. The van der Waals surface area contributed by atoms with Gasteiger partial charge in [0.05, 0.1) is 12.1 Å². The highest BCUT2D eigenvalue weighted by Gasteiger charge is 2.17. The maximum Gasteiger partial charge on any atom is 0.244 e. The van der Waals surface area contributed by atoms with Gasteiger partial charge in [0.15, 0.2) is 0 Å². The monoisotopic (exact) mass is 334 g/mol. The molecule has 1 amide bonds. The highest BCUT2D eigenvalue weighted by atomic mass is 35.5. The second kappa shape index (κ2) is 7.85. The molecule has 0 spiro atoms. The average Bonchev–Trinajstić information content (AvgIpc) is 2.53. The summed E-state index contributed by atoms with van der Waals surface area (Å²) in [5.41, 5.74) is 1.27. The molecule has 2 aromatic rings. The number of hydrogen-bond donors (Lipinski definition) is 2. The molecule has 4 nitrogen and oxygen atoms in total. The number of nitrogens with one attached hydrogen (secondary N) is 1. The largest absolute Gasteiger partial charge is 0.386 e. The van der Waals surface area contributed by atoms with E-state index in [1.807, 2.05) is 0 Å². The number of carbonyl (C=O) groups is 1. The number of pyridine rings is 1. The molecule has 0 bridgehead atoms. The number of halogens is 2. The Bertz CT molecular complexity index is 704. The zero-order valence-corrected chi connectivity index (χ0v) is 13.2. The third-order valence-electron chi connectivity index (χ3n) is 3.23. The van der Waals surface area contributed by atoms with Crippen molar-refractivity contribution in [2.75, 3.05) is 0 Å². The van der Waals surface area contributed by atoms with Gasteiger partial charge in [0.25, 0.3) is 0 Å². The van der Waals surface area contributed by atoms with E-state index in [1.54, 1.807) is 31.3 Å². The molecular weight excluding hydrogens is 319 g/mol. The van der Waals surface area contributed by atoms with Gasteiger partial charge in [-0.15, -0.1) is 0 Å². The summed E-state index contributed by atoms with van der Waals surface area (Å²) in [5, 5.41) is 13.2. The van der Waals surface area contributed by atoms with Gasteiger partial charge in [-0.2, -0.15) is 0 Å². The number of aliphatic hydroxyl groups is 1. The Morgan fingerprint density at radius 3 is 2.70 bits per heavy atom. The minimum Gasteiger partial charge on any atom is -0.386 e. The Morgan fingerprint density at radius 2 is 2.04 bits per heavy atom. The standard InChI is InChI=1S/C17H16ClFN2O2/c1-11(17(23)13-3-5-14(19)6-4-13)21-16(22)7-2-12-8-9-20-15(18)10-12/h2-11,17,23H,1H3,(H,21,22)/b7-2+. The maximum absolute atomic E-state index is 12.9. The number of carbonyl (C=O) groups excluding carboxylic acids is 1. The van der Waals surface area contributed by atoms with E-state index in [1.165, 1.54) is 30.3 Å². The third kappa shape index (κ3) is 5.16. The van der Waals surface area contributed by atoms with Gasteiger partial charge in [-0.3, -0.25) is 4.79 Å². The van der Waals surface area contributed by atoms with Gasteiger partial charge < -0.3 is 10.4 Å². The normalized spacial score (nSPS) is 13.7. The molecule has 120 valence electrons. The van der Waals surface area contributed by atoms with Crippen molar-refractivity contribution in [3.05, 3.63) is 70.8 Å². The van der Waals surface area contributed by atoms with Gasteiger partial charge in [0.2, 0.25) is 5.91 Å². The molecule has 6 heteroatoms. The first-order valence-electron chi connectivity index (χ1n) is 6.99. The minimum absolute atomic E-state index is 0.340. The topological polar surface area (TPSA) is 62.2 Å². The molecule has 0 saturated carbocycles. The van der Waals surface area contributed by atoms with Crippen LogP contribution in [0.15, 0.2) is 48.7 Å². The highest BCUT2D eigenvalue weighted by molar-refractivity contribution is 6.29. The first kappa shape index (κ1) is 17.1. The zero-order valence-electron chi connectivity index (χ0n) is 12.4. The van der Waals surface area contributed by atoms with Gasteiger partial charge in [0, 0.05) is 12.3 Å². The first-order valence-corrected chi connectivity index (χ1v) is 7.37. The SMILES string of the molecule is CC(NC(=O)/C=C/c1ccnc(Cl)c1)C(O)c1ccc(F)cc1. The van der Waals surface area contributed by atoms with Crippen LogP contribution < -0.4 is 5.32 Å². The van der Waals surface area contributed by atoms with Crippen molar-refractivity contribution >= 4 is 23.6 Å². The summed E-state index contributed by atoms with van der Waals surface area (Å²) in [5.74, 6) is -0.733. The molecule has 2 atom stereocenters. The van der Waals surface area contributed by atoms with Crippen molar-refractivity contribution in [1.82, 2.24) is 10.3 Å². The Morgan fingerprint density at radius 1 is 1.35 bits per heavy atom. The number of aromatic nitrogens is 1. The van der Waals surface area contributed by atoms with Crippen molar-refractivity contribution in [2.45, 2.75) is 19.1 Å². The van der Waals surface area contributed by atoms with Crippen LogP contribution in [0, 0.1) is 5.82 Å². The van der Waals surface area contributed by atoms with Crippen LogP contribution in [0.25, 0.3) is 6.08 Å². The molecule has 1 aromatic carbocycles. The zero-order chi connectivity index (χ0) is 16.8. The van der Waals surface area contributed by atoms with Crippen LogP contribution in [0.1, 0.15) is 24.2 Å². The van der Waals surface area contributed by atoms with Crippen LogP contribution in [0.5, 0.6) is 0 Å². The summed E-state index contributed by atoms with van der Waals surface area (Å²) in [6.45, 7) is 1.67. The number of rotatable bonds is 5. The summed E-state index contributed by atoms with van der Waals surface area (Å²) in [4.78, 5) is 15.7. The van der Waals surface area contributed by atoms with Gasteiger partial charge in [-0.25, -0.2) is 9.37 Å². The highest BCUT2D eigenvalue weighted by Crippen LogP contribution is 2.17. The second-order valence-corrected chi connectivity index (χ2v) is 5.43. The fourth-order valence-electron chi connectivity index (χ4n) is 1.99. The smallest absolute Gasteiger partial charge is 0.244 e. The van der Waals surface area contributed by atoms with E-state index in [-0.39, 0.29) is 11.7 Å². The van der Waals surface area contributed by atoms with E-state index in [0.29, 0.717) is 10.7 Å². The maximum atomic E-state index is 12.9. The van der Waals surface area contributed by atoms with Crippen LogP contribution in [-0.4, -0.2) is 22.0 Å². The molecule has 0 aliphatic carbocycles. The summed E-state index contributed by atoms with van der Waals surface area (Å²) in [6, 6.07) is 8.31. The molecular formula is C17H16ClFN2O2. The van der Waals surface area contributed by atoms with Crippen molar-refractivity contribution in [2.24, 2.45) is 0 Å². The number of amides is 1. The fraction of sp³-hybridized carbons (Fsp3) is 0.176. The van der Waals surface area contributed by atoms with Crippen molar-refractivity contribution in [1.29, 1.82) is 0 Å². The van der Waals surface area contributed by atoms with Crippen LogP contribution in [0.3, 0.4) is 0 Å². The van der Waals surface area contributed by atoms with Crippen LogP contribution in [0.2, 0.25) is 5.15 Å². The van der Waals surface area contributed by atoms with Crippen LogP contribution in [-0.2, 0) is 4.79 Å². The minimum atomic E-state index is -0.927. The number of aliphatic hydroxyl groups excluding tert-OH is 1. The van der Waals surface area contributed by atoms with Crippen molar-refractivity contribution in [3.63, 3.8) is 0 Å². The third-order valence-corrected chi connectivity index (χ3v) is 3.44. The predicted octanol–water partition coefficient (Wildman–Crippen LogP) is 3.13. The summed E-state index contributed by atoms with van der Waals surface area (Å²) >= 11 is 5.76. The molecule has 0 fully saturated rings. The number of nitrogens with zero attached hydrogens (tertiary/aromatic N) is 1. The lowest BCUT2D eigenvalue weighted by Gasteiger charge is -2.19. The van der Waals surface area contributed by atoms with Crippen molar-refractivity contribution < 1.29 is 14.3 Å². The Hall–Kier alpha value is -2.24. The van der Waals surface area contributed by atoms with E-state index >= 15 is 0 Å². The lowest BCUT2D eigenvalue weighted by molar-refractivity contribution is -0.117. The van der Waals surface area contributed by atoms with Gasteiger partial charge >= 0.3 is 0 Å². The summed E-state index contributed by atoms with van der Waals surface area (Å²) < 4.78 is 12.9. The van der Waals surface area contributed by atoms with E-state index in [9.17, 15) is 14.3 Å². The van der Waals surface area contributed by atoms with E-state index in [4.69, 9.17) is 11.6 Å². The molecule has 2 unspecified atom stereocenters. The molecule has 0 saturated heterocycles. The Kier molecular flexibility index (Phi) is 5.84. The average molecular weight is 335 g/mol.